The van der Waals surface area contributed by atoms with Gasteiger partial charge in [0.05, 0.1) is 0 Å². The third-order valence-electron chi connectivity index (χ3n) is 2.99. The minimum Gasteiger partial charge on any atom is -0.377 e. The van der Waals surface area contributed by atoms with Gasteiger partial charge in [-0.3, -0.25) is 9.59 Å². The lowest BCUT2D eigenvalue weighted by Gasteiger charge is -2.24. The van der Waals surface area contributed by atoms with E-state index >= 15 is 0 Å². The largest absolute Gasteiger partial charge is 0.500 e. The molecule has 0 atom stereocenters. The number of aromatic nitrogens is 4. The summed E-state index contributed by atoms with van der Waals surface area (Å²) >= 11 is 0. The Morgan fingerprint density at radius 3 is 1.87 bits per heavy atom. The molecule has 1 rings (SSSR count). The molecule has 0 aliphatic heterocycles. The summed E-state index contributed by atoms with van der Waals surface area (Å²) in [5, 5.41) is 19.1. The quantitative estimate of drug-likeness (QED) is 0.410. The zero-order valence-corrected chi connectivity index (χ0v) is 14.5. The number of hydrogen-bond acceptors (Lipinski definition) is 9. The third-order valence-corrected chi connectivity index (χ3v) is 5.82. The highest BCUT2D eigenvalue weighted by Crippen LogP contribution is 2.14. The molecule has 0 radical (unpaired) electrons. The molecule has 0 bridgehead atoms. The molecule has 1 heterocycles. The first kappa shape index (κ1) is 19.0. The van der Waals surface area contributed by atoms with Crippen molar-refractivity contribution in [2.45, 2.75) is 12.5 Å². The van der Waals surface area contributed by atoms with Crippen molar-refractivity contribution < 1.29 is 22.9 Å². The monoisotopic (exact) mass is 344 g/mol. The van der Waals surface area contributed by atoms with E-state index in [1.165, 1.54) is 28.4 Å². The predicted molar refractivity (Wildman–Crippen MR) is 79.6 cm³/mol. The molecule has 1 aromatic heterocycles. The first-order valence-electron chi connectivity index (χ1n) is 6.75. The van der Waals surface area contributed by atoms with E-state index in [4.69, 9.17) is 13.3 Å². The highest BCUT2D eigenvalue weighted by Gasteiger charge is 2.36. The number of carbonyl (C=O) groups is 2. The van der Waals surface area contributed by atoms with Gasteiger partial charge in [0.2, 0.25) is 0 Å². The van der Waals surface area contributed by atoms with Crippen LogP contribution in [-0.2, 0) is 13.3 Å². The topological polar surface area (TPSA) is 137 Å². The van der Waals surface area contributed by atoms with Crippen molar-refractivity contribution in [3.63, 3.8) is 0 Å². The molecule has 0 aromatic carbocycles. The van der Waals surface area contributed by atoms with E-state index in [1.54, 1.807) is 0 Å². The zero-order valence-electron chi connectivity index (χ0n) is 13.5. The molecule has 0 fully saturated rings. The van der Waals surface area contributed by atoms with Gasteiger partial charge in [-0.15, -0.1) is 20.4 Å². The predicted octanol–water partition coefficient (Wildman–Crippen LogP) is -1.38. The Kier molecular flexibility index (Phi) is 7.60. The standard InChI is InChI=1S/C11H20N6O5Si/c1-12-10(18)8-14-16-9(17-15-8)11(19)13-6-5-7-23(20-2,21-3)22-4/h5-7H2,1-4H3,(H,12,18)(H,13,19). The number of amides is 2. The molecule has 0 unspecified atom stereocenters. The SMILES string of the molecule is CNC(=O)c1nnc(C(=O)NCCC[Si](OC)(OC)OC)nn1. The summed E-state index contributed by atoms with van der Waals surface area (Å²) in [4.78, 5) is 23.1. The van der Waals surface area contributed by atoms with Crippen LogP contribution in [0.2, 0.25) is 6.04 Å². The summed E-state index contributed by atoms with van der Waals surface area (Å²) in [6, 6.07) is 0.545. The van der Waals surface area contributed by atoms with Gasteiger partial charge >= 0.3 is 8.80 Å². The average molecular weight is 344 g/mol. The Balaban J connectivity index is 2.46. The van der Waals surface area contributed by atoms with Gasteiger partial charge in [-0.25, -0.2) is 0 Å². The number of carbonyl (C=O) groups excluding carboxylic acids is 2. The van der Waals surface area contributed by atoms with Crippen LogP contribution in [0.3, 0.4) is 0 Å². The van der Waals surface area contributed by atoms with Crippen molar-refractivity contribution >= 4 is 20.6 Å². The van der Waals surface area contributed by atoms with Crippen LogP contribution in [0, 0.1) is 0 Å². The van der Waals surface area contributed by atoms with Crippen molar-refractivity contribution in [1.82, 2.24) is 31.0 Å². The number of hydrogen-bond donors (Lipinski definition) is 2. The molecule has 1 aromatic rings. The van der Waals surface area contributed by atoms with Gasteiger partial charge in [0, 0.05) is 41.0 Å². The minimum absolute atomic E-state index is 0.208. The van der Waals surface area contributed by atoms with Crippen LogP contribution < -0.4 is 10.6 Å². The highest BCUT2D eigenvalue weighted by atomic mass is 28.4. The first-order valence-corrected chi connectivity index (χ1v) is 8.68. The van der Waals surface area contributed by atoms with Gasteiger partial charge in [-0.1, -0.05) is 0 Å². The molecule has 128 valence electrons. The number of rotatable bonds is 9. The fourth-order valence-electron chi connectivity index (χ4n) is 1.66. The Labute approximate surface area is 134 Å². The maximum Gasteiger partial charge on any atom is 0.500 e. The van der Waals surface area contributed by atoms with Crippen LogP contribution in [0.25, 0.3) is 0 Å². The Hall–Kier alpha value is -2.02. The fraction of sp³-hybridized carbons (Fsp3) is 0.636. The molecule has 0 spiro atoms. The van der Waals surface area contributed by atoms with Gasteiger partial charge in [0.15, 0.2) is 0 Å². The summed E-state index contributed by atoms with van der Waals surface area (Å²) in [6.07, 6.45) is 0.588. The van der Waals surface area contributed by atoms with Crippen LogP contribution in [-0.4, -0.2) is 75.9 Å². The first-order chi connectivity index (χ1) is 11.0. The van der Waals surface area contributed by atoms with E-state index < -0.39 is 20.6 Å². The lowest BCUT2D eigenvalue weighted by Crippen LogP contribution is -2.43. The second-order valence-electron chi connectivity index (χ2n) is 4.28. The lowest BCUT2D eigenvalue weighted by atomic mass is 10.4. The molecule has 12 heteroatoms. The molecule has 23 heavy (non-hydrogen) atoms. The minimum atomic E-state index is -2.64. The fourth-order valence-corrected chi connectivity index (χ4v) is 3.39. The van der Waals surface area contributed by atoms with Gasteiger partial charge in [0.25, 0.3) is 23.5 Å². The van der Waals surface area contributed by atoms with Crippen molar-refractivity contribution in [2.75, 3.05) is 34.9 Å². The summed E-state index contributed by atoms with van der Waals surface area (Å²) in [6.45, 7) is 0.351. The Bertz CT molecular complexity index is 516. The van der Waals surface area contributed by atoms with Crippen LogP contribution in [0.4, 0.5) is 0 Å². The maximum absolute atomic E-state index is 11.8. The molecule has 2 amide bonds. The van der Waals surface area contributed by atoms with Crippen molar-refractivity contribution in [2.24, 2.45) is 0 Å². The van der Waals surface area contributed by atoms with Gasteiger partial charge in [0.1, 0.15) is 0 Å². The smallest absolute Gasteiger partial charge is 0.377 e. The summed E-state index contributed by atoms with van der Waals surface area (Å²) in [7, 11) is 3.36. The molecule has 0 saturated carbocycles. The lowest BCUT2D eigenvalue weighted by molar-refractivity contribution is 0.0922. The van der Waals surface area contributed by atoms with E-state index in [9.17, 15) is 9.59 Å². The summed E-state index contributed by atoms with van der Waals surface area (Å²) in [5.41, 5.74) is 0. The average Bonchev–Trinajstić information content (AvgIpc) is 2.61. The van der Waals surface area contributed by atoms with Gasteiger partial charge in [-0.2, -0.15) is 0 Å². The third kappa shape index (κ3) is 5.28. The molecule has 0 aliphatic carbocycles. The van der Waals surface area contributed by atoms with Crippen molar-refractivity contribution in [1.29, 1.82) is 0 Å². The second-order valence-corrected chi connectivity index (χ2v) is 7.37. The van der Waals surface area contributed by atoms with Crippen LogP contribution >= 0.6 is 0 Å². The van der Waals surface area contributed by atoms with Crippen LogP contribution in [0.1, 0.15) is 27.7 Å². The van der Waals surface area contributed by atoms with Crippen LogP contribution in [0.5, 0.6) is 0 Å². The van der Waals surface area contributed by atoms with E-state index in [1.807, 2.05) is 0 Å². The van der Waals surface area contributed by atoms with E-state index in [0.29, 0.717) is 19.0 Å². The highest BCUT2D eigenvalue weighted by molar-refractivity contribution is 6.60. The number of nitrogens with zero attached hydrogens (tertiary/aromatic N) is 4. The second kappa shape index (κ2) is 9.19. The van der Waals surface area contributed by atoms with Crippen LogP contribution in [0.15, 0.2) is 0 Å². The molecular weight excluding hydrogens is 324 g/mol. The normalized spacial score (nSPS) is 11.1. The Morgan fingerprint density at radius 1 is 0.957 bits per heavy atom. The Morgan fingerprint density at radius 2 is 1.43 bits per heavy atom. The van der Waals surface area contributed by atoms with Crippen molar-refractivity contribution in [3.05, 3.63) is 11.6 Å². The molecule has 0 aliphatic rings. The van der Waals surface area contributed by atoms with E-state index in [2.05, 4.69) is 31.0 Å². The molecule has 11 nitrogen and oxygen atoms in total. The van der Waals surface area contributed by atoms with E-state index in [-0.39, 0.29) is 11.6 Å². The van der Waals surface area contributed by atoms with Gasteiger partial charge < -0.3 is 23.9 Å². The summed E-state index contributed by atoms with van der Waals surface area (Å²) in [5.74, 6) is -1.49. The van der Waals surface area contributed by atoms with E-state index in [0.717, 1.165) is 0 Å². The van der Waals surface area contributed by atoms with Crippen molar-refractivity contribution in [3.8, 4) is 0 Å². The molecule has 0 saturated heterocycles. The molecule has 2 N–H and O–H groups in total. The van der Waals surface area contributed by atoms with Gasteiger partial charge in [-0.05, 0) is 6.42 Å². The molecular formula is C11H20N6O5Si. The number of nitrogens with one attached hydrogen (secondary N) is 2. The maximum atomic E-state index is 11.8. The summed E-state index contributed by atoms with van der Waals surface area (Å²) < 4.78 is 15.8. The zero-order chi connectivity index (χ0) is 17.3.